The number of nitrogens with one attached hydrogen (secondary N) is 1. The van der Waals surface area contributed by atoms with Gasteiger partial charge in [0.05, 0.1) is 5.41 Å². The first kappa shape index (κ1) is 20.0. The largest absolute Gasteiger partial charge is 0.481 e. The molecule has 1 amide bonds. The van der Waals surface area contributed by atoms with E-state index in [0.29, 0.717) is 37.2 Å². The van der Waals surface area contributed by atoms with Crippen LogP contribution >= 0.6 is 0 Å². The highest BCUT2D eigenvalue weighted by Gasteiger charge is 2.43. The summed E-state index contributed by atoms with van der Waals surface area (Å²) in [5.41, 5.74) is -1.01. The number of carbonyl (C=O) groups is 2. The molecular formula is C22H24FNO4. The third kappa shape index (κ3) is 3.78. The fourth-order valence-corrected chi connectivity index (χ4v) is 3.69. The van der Waals surface area contributed by atoms with Crippen LogP contribution in [0, 0.1) is 5.82 Å². The fraction of sp³-hybridized carbons (Fsp3) is 0.364. The molecule has 1 fully saturated rings. The maximum atomic E-state index is 13.8. The van der Waals surface area contributed by atoms with Crippen molar-refractivity contribution in [1.82, 2.24) is 5.32 Å². The molecule has 3 rings (SSSR count). The molecule has 0 bridgehead atoms. The van der Waals surface area contributed by atoms with Crippen LogP contribution in [0.1, 0.15) is 30.9 Å². The van der Waals surface area contributed by atoms with E-state index in [2.05, 4.69) is 5.32 Å². The summed E-state index contributed by atoms with van der Waals surface area (Å²) in [5, 5.41) is 12.6. The van der Waals surface area contributed by atoms with Crippen LogP contribution in [0.25, 0.3) is 0 Å². The Morgan fingerprint density at radius 2 is 1.82 bits per heavy atom. The molecule has 1 unspecified atom stereocenters. The Kier molecular flexibility index (Phi) is 5.79. The normalized spacial score (nSPS) is 18.1. The van der Waals surface area contributed by atoms with E-state index in [1.165, 1.54) is 12.1 Å². The smallest absolute Gasteiger partial charge is 0.315 e. The third-order valence-electron chi connectivity index (χ3n) is 5.64. The SMILES string of the molecule is CC(CNC(=O)C1(c2cccc(F)c2)CCOCC1)(C(=O)O)c1ccccc1. The minimum absolute atomic E-state index is 0.0664. The quantitative estimate of drug-likeness (QED) is 0.802. The zero-order valence-corrected chi connectivity index (χ0v) is 15.8. The molecule has 1 atom stereocenters. The van der Waals surface area contributed by atoms with Crippen molar-refractivity contribution in [2.75, 3.05) is 19.8 Å². The summed E-state index contributed by atoms with van der Waals surface area (Å²) >= 11 is 0. The zero-order valence-electron chi connectivity index (χ0n) is 15.8. The number of carboxylic acids is 1. The molecule has 1 saturated heterocycles. The predicted octanol–water partition coefficient (Wildman–Crippen LogP) is 3.03. The molecule has 0 aromatic heterocycles. The van der Waals surface area contributed by atoms with Gasteiger partial charge in [-0.15, -0.1) is 0 Å². The average molecular weight is 385 g/mol. The minimum Gasteiger partial charge on any atom is -0.481 e. The maximum absolute atomic E-state index is 13.8. The zero-order chi connectivity index (χ0) is 20.2. The van der Waals surface area contributed by atoms with Crippen molar-refractivity contribution in [2.45, 2.75) is 30.6 Å². The molecule has 2 aromatic rings. The van der Waals surface area contributed by atoms with Crippen molar-refractivity contribution < 1.29 is 23.8 Å². The van der Waals surface area contributed by atoms with E-state index in [0.717, 1.165) is 0 Å². The number of aliphatic carboxylic acids is 1. The summed E-state index contributed by atoms with van der Waals surface area (Å²) in [5.74, 6) is -1.73. The summed E-state index contributed by atoms with van der Waals surface area (Å²) in [6.45, 7) is 2.30. The molecule has 0 spiro atoms. The molecule has 0 saturated carbocycles. The molecule has 28 heavy (non-hydrogen) atoms. The Morgan fingerprint density at radius 3 is 2.43 bits per heavy atom. The second kappa shape index (κ2) is 8.10. The van der Waals surface area contributed by atoms with Crippen molar-refractivity contribution in [3.63, 3.8) is 0 Å². The van der Waals surface area contributed by atoms with Crippen LogP contribution in [-0.4, -0.2) is 36.7 Å². The summed E-state index contributed by atoms with van der Waals surface area (Å²) in [6, 6.07) is 14.8. The number of amides is 1. The molecular weight excluding hydrogens is 361 g/mol. The number of ether oxygens (including phenoxy) is 1. The summed E-state index contributed by atoms with van der Waals surface area (Å²) in [7, 11) is 0. The number of hydrogen-bond donors (Lipinski definition) is 2. The van der Waals surface area contributed by atoms with Gasteiger partial charge in [-0.2, -0.15) is 0 Å². The van der Waals surface area contributed by atoms with Gasteiger partial charge in [0.25, 0.3) is 0 Å². The van der Waals surface area contributed by atoms with Gasteiger partial charge in [-0.3, -0.25) is 9.59 Å². The lowest BCUT2D eigenvalue weighted by atomic mass is 9.73. The van der Waals surface area contributed by atoms with Crippen molar-refractivity contribution in [3.8, 4) is 0 Å². The Morgan fingerprint density at radius 1 is 1.14 bits per heavy atom. The average Bonchev–Trinajstić information content (AvgIpc) is 2.72. The topological polar surface area (TPSA) is 75.6 Å². The molecule has 1 aliphatic rings. The summed E-state index contributed by atoms with van der Waals surface area (Å²) in [6.07, 6.45) is 0.828. The Hall–Kier alpha value is -2.73. The predicted molar refractivity (Wildman–Crippen MR) is 103 cm³/mol. The number of benzene rings is 2. The van der Waals surface area contributed by atoms with Gasteiger partial charge in [0.2, 0.25) is 5.91 Å². The van der Waals surface area contributed by atoms with E-state index in [1.807, 2.05) is 6.07 Å². The third-order valence-corrected chi connectivity index (χ3v) is 5.64. The molecule has 148 valence electrons. The first-order chi connectivity index (χ1) is 13.4. The number of carbonyl (C=O) groups excluding carboxylic acids is 1. The van der Waals surface area contributed by atoms with Gasteiger partial charge in [-0.25, -0.2) is 4.39 Å². The maximum Gasteiger partial charge on any atom is 0.315 e. The van der Waals surface area contributed by atoms with Gasteiger partial charge in [0, 0.05) is 19.8 Å². The van der Waals surface area contributed by atoms with Gasteiger partial charge >= 0.3 is 5.97 Å². The molecule has 0 radical (unpaired) electrons. The van der Waals surface area contributed by atoms with Crippen LogP contribution in [0.5, 0.6) is 0 Å². The molecule has 1 heterocycles. The molecule has 0 aliphatic carbocycles. The van der Waals surface area contributed by atoms with Crippen molar-refractivity contribution >= 4 is 11.9 Å². The lowest BCUT2D eigenvalue weighted by Crippen LogP contribution is -2.52. The van der Waals surface area contributed by atoms with Crippen molar-refractivity contribution in [3.05, 3.63) is 71.5 Å². The van der Waals surface area contributed by atoms with Crippen LogP contribution in [0.2, 0.25) is 0 Å². The van der Waals surface area contributed by atoms with Crippen LogP contribution in [0.4, 0.5) is 4.39 Å². The van der Waals surface area contributed by atoms with E-state index in [1.54, 1.807) is 43.3 Å². The Bertz CT molecular complexity index is 849. The van der Waals surface area contributed by atoms with Gasteiger partial charge in [-0.05, 0) is 43.0 Å². The summed E-state index contributed by atoms with van der Waals surface area (Å²) in [4.78, 5) is 25.2. The van der Waals surface area contributed by atoms with E-state index in [-0.39, 0.29) is 12.5 Å². The highest BCUT2D eigenvalue weighted by molar-refractivity contribution is 5.89. The fourth-order valence-electron chi connectivity index (χ4n) is 3.69. The van der Waals surface area contributed by atoms with Gasteiger partial charge < -0.3 is 15.2 Å². The molecule has 6 heteroatoms. The second-order valence-electron chi connectivity index (χ2n) is 7.39. The molecule has 2 aromatic carbocycles. The summed E-state index contributed by atoms with van der Waals surface area (Å²) < 4.78 is 19.2. The van der Waals surface area contributed by atoms with Crippen LogP contribution in [0.15, 0.2) is 54.6 Å². The van der Waals surface area contributed by atoms with E-state index in [4.69, 9.17) is 4.74 Å². The minimum atomic E-state index is -1.27. The highest BCUT2D eigenvalue weighted by atomic mass is 19.1. The van der Waals surface area contributed by atoms with Crippen molar-refractivity contribution in [2.24, 2.45) is 0 Å². The second-order valence-corrected chi connectivity index (χ2v) is 7.39. The monoisotopic (exact) mass is 385 g/mol. The van der Waals surface area contributed by atoms with E-state index < -0.39 is 22.6 Å². The number of halogens is 1. The molecule has 1 aliphatic heterocycles. The first-order valence-electron chi connectivity index (χ1n) is 9.29. The first-order valence-corrected chi connectivity index (χ1v) is 9.29. The standard InChI is InChI=1S/C22H24FNO4/c1-21(20(26)27,16-6-3-2-4-7-16)15-24-19(25)22(10-12-28-13-11-22)17-8-5-9-18(23)14-17/h2-9,14H,10-13,15H2,1H3,(H,24,25)(H,26,27). The van der Waals surface area contributed by atoms with E-state index >= 15 is 0 Å². The van der Waals surface area contributed by atoms with Gasteiger partial charge in [-0.1, -0.05) is 42.5 Å². The highest BCUT2D eigenvalue weighted by Crippen LogP contribution is 2.36. The molecule has 2 N–H and O–H groups in total. The van der Waals surface area contributed by atoms with Crippen LogP contribution in [0.3, 0.4) is 0 Å². The van der Waals surface area contributed by atoms with Crippen LogP contribution in [-0.2, 0) is 25.2 Å². The molecule has 5 nitrogen and oxygen atoms in total. The van der Waals surface area contributed by atoms with Crippen LogP contribution < -0.4 is 5.32 Å². The lowest BCUT2D eigenvalue weighted by Gasteiger charge is -2.37. The Balaban J connectivity index is 1.87. The lowest BCUT2D eigenvalue weighted by molar-refractivity contribution is -0.143. The van der Waals surface area contributed by atoms with Gasteiger partial charge in [0.1, 0.15) is 11.2 Å². The number of hydrogen-bond acceptors (Lipinski definition) is 3. The van der Waals surface area contributed by atoms with E-state index in [9.17, 15) is 19.1 Å². The number of carboxylic acid groups (broad SMARTS) is 1. The Labute approximate surface area is 163 Å². The van der Waals surface area contributed by atoms with Gasteiger partial charge in [0.15, 0.2) is 0 Å². The van der Waals surface area contributed by atoms with Crippen molar-refractivity contribution in [1.29, 1.82) is 0 Å². The number of rotatable bonds is 6.